The Morgan fingerprint density at radius 2 is 2.00 bits per heavy atom. The van der Waals surface area contributed by atoms with E-state index in [-0.39, 0.29) is 5.82 Å². The zero-order chi connectivity index (χ0) is 15.9. The van der Waals surface area contributed by atoms with Crippen LogP contribution < -0.4 is 4.90 Å². The van der Waals surface area contributed by atoms with Crippen molar-refractivity contribution in [3.05, 3.63) is 53.9 Å². The Bertz CT molecular complexity index is 720. The number of hydrogen-bond acceptors (Lipinski definition) is 5. The fraction of sp³-hybridized carbons (Fsp3) is 0.353. The molecule has 118 valence electrons. The van der Waals surface area contributed by atoms with E-state index in [1.807, 2.05) is 6.07 Å². The van der Waals surface area contributed by atoms with Crippen LogP contribution in [0.3, 0.4) is 0 Å². The SMILES string of the molecule is O=Cc1ccc(CN2CC3(C2)CN(c2ccncc2F)C3)cn1. The average molecular weight is 312 g/mol. The second-order valence-electron chi connectivity index (χ2n) is 6.54. The highest BCUT2D eigenvalue weighted by atomic mass is 19.1. The molecule has 5 nitrogen and oxygen atoms in total. The third kappa shape index (κ3) is 2.59. The molecule has 0 bridgehead atoms. The first-order valence-electron chi connectivity index (χ1n) is 7.64. The highest BCUT2D eigenvalue weighted by molar-refractivity contribution is 5.71. The summed E-state index contributed by atoms with van der Waals surface area (Å²) >= 11 is 0. The molecule has 0 amide bonds. The lowest BCUT2D eigenvalue weighted by molar-refractivity contribution is -0.0276. The van der Waals surface area contributed by atoms with E-state index >= 15 is 0 Å². The highest BCUT2D eigenvalue weighted by Gasteiger charge is 2.51. The van der Waals surface area contributed by atoms with Crippen molar-refractivity contribution >= 4 is 12.0 Å². The van der Waals surface area contributed by atoms with Gasteiger partial charge in [0.25, 0.3) is 0 Å². The highest BCUT2D eigenvalue weighted by Crippen LogP contribution is 2.42. The number of anilines is 1. The van der Waals surface area contributed by atoms with Crippen molar-refractivity contribution in [3.63, 3.8) is 0 Å². The van der Waals surface area contributed by atoms with E-state index < -0.39 is 0 Å². The zero-order valence-corrected chi connectivity index (χ0v) is 12.7. The largest absolute Gasteiger partial charge is 0.368 e. The Balaban J connectivity index is 1.31. The molecule has 2 saturated heterocycles. The van der Waals surface area contributed by atoms with E-state index in [9.17, 15) is 9.18 Å². The number of aldehydes is 1. The van der Waals surface area contributed by atoms with E-state index in [2.05, 4.69) is 19.8 Å². The van der Waals surface area contributed by atoms with Crippen molar-refractivity contribution < 1.29 is 9.18 Å². The molecule has 6 heteroatoms. The minimum absolute atomic E-state index is 0.250. The van der Waals surface area contributed by atoms with Gasteiger partial charge in [0, 0.05) is 50.5 Å². The van der Waals surface area contributed by atoms with Gasteiger partial charge in [-0.3, -0.25) is 19.7 Å². The van der Waals surface area contributed by atoms with Crippen LogP contribution in [0.5, 0.6) is 0 Å². The summed E-state index contributed by atoms with van der Waals surface area (Å²) in [6.45, 7) is 4.67. The number of hydrogen-bond donors (Lipinski definition) is 0. The number of likely N-dealkylation sites (tertiary alicyclic amines) is 1. The van der Waals surface area contributed by atoms with E-state index in [0.717, 1.165) is 44.6 Å². The van der Waals surface area contributed by atoms with Crippen LogP contribution in [0.1, 0.15) is 16.1 Å². The molecule has 0 unspecified atom stereocenters. The summed E-state index contributed by atoms with van der Waals surface area (Å²) in [4.78, 5) is 22.9. The number of aromatic nitrogens is 2. The molecule has 0 radical (unpaired) electrons. The molecule has 0 aliphatic carbocycles. The lowest BCUT2D eigenvalue weighted by Crippen LogP contribution is -2.72. The standard InChI is InChI=1S/C17H17FN4O/c18-15-6-19-4-3-16(15)22-11-17(12-22)9-21(10-17)7-13-1-2-14(8-23)20-5-13/h1-6,8H,7,9-12H2. The zero-order valence-electron chi connectivity index (χ0n) is 12.7. The minimum atomic E-state index is -0.250. The summed E-state index contributed by atoms with van der Waals surface area (Å²) < 4.78 is 13.7. The van der Waals surface area contributed by atoms with Crippen molar-refractivity contribution in [2.75, 3.05) is 31.1 Å². The van der Waals surface area contributed by atoms with Crippen LogP contribution in [0.15, 0.2) is 36.8 Å². The van der Waals surface area contributed by atoms with Crippen molar-refractivity contribution in [2.45, 2.75) is 6.54 Å². The minimum Gasteiger partial charge on any atom is -0.368 e. The van der Waals surface area contributed by atoms with Crippen molar-refractivity contribution in [3.8, 4) is 0 Å². The van der Waals surface area contributed by atoms with E-state index in [1.54, 1.807) is 24.5 Å². The summed E-state index contributed by atoms with van der Waals surface area (Å²) in [6.07, 6.45) is 5.41. The maximum Gasteiger partial charge on any atom is 0.168 e. The van der Waals surface area contributed by atoms with Gasteiger partial charge in [-0.05, 0) is 17.7 Å². The molecule has 0 aromatic carbocycles. The third-order valence-corrected chi connectivity index (χ3v) is 4.64. The molecule has 4 rings (SSSR count). The molecule has 2 aliphatic rings. The van der Waals surface area contributed by atoms with Crippen LogP contribution >= 0.6 is 0 Å². The van der Waals surface area contributed by atoms with E-state index in [0.29, 0.717) is 16.8 Å². The Kier molecular flexibility index (Phi) is 3.34. The molecule has 4 heterocycles. The summed E-state index contributed by atoms with van der Waals surface area (Å²) in [6, 6.07) is 5.43. The molecular weight excluding hydrogens is 295 g/mol. The number of pyridine rings is 2. The van der Waals surface area contributed by atoms with Crippen LogP contribution in [0, 0.1) is 11.2 Å². The predicted octanol–water partition coefficient (Wildman–Crippen LogP) is 1.75. The Hall–Kier alpha value is -2.34. The van der Waals surface area contributed by atoms with Crippen LogP contribution in [-0.2, 0) is 6.54 Å². The Morgan fingerprint density at radius 1 is 1.17 bits per heavy atom. The van der Waals surface area contributed by atoms with Gasteiger partial charge in [-0.1, -0.05) is 6.07 Å². The van der Waals surface area contributed by atoms with Gasteiger partial charge in [0.2, 0.25) is 0 Å². The first-order valence-corrected chi connectivity index (χ1v) is 7.64. The normalized spacial score (nSPS) is 19.3. The second-order valence-corrected chi connectivity index (χ2v) is 6.54. The third-order valence-electron chi connectivity index (χ3n) is 4.64. The van der Waals surface area contributed by atoms with Gasteiger partial charge in [0.1, 0.15) is 5.69 Å². The van der Waals surface area contributed by atoms with E-state index in [4.69, 9.17) is 0 Å². The van der Waals surface area contributed by atoms with Gasteiger partial charge in [-0.25, -0.2) is 4.39 Å². The molecule has 2 aliphatic heterocycles. The van der Waals surface area contributed by atoms with Gasteiger partial charge in [-0.15, -0.1) is 0 Å². The summed E-state index contributed by atoms with van der Waals surface area (Å²) in [7, 11) is 0. The molecule has 2 fully saturated rings. The fourth-order valence-electron chi connectivity index (χ4n) is 3.63. The molecule has 0 saturated carbocycles. The number of carbonyl (C=O) groups excluding carboxylic acids is 1. The van der Waals surface area contributed by atoms with E-state index in [1.165, 1.54) is 6.20 Å². The first kappa shape index (κ1) is 14.3. The number of halogens is 1. The first-order chi connectivity index (χ1) is 11.2. The van der Waals surface area contributed by atoms with Crippen LogP contribution in [0.2, 0.25) is 0 Å². The smallest absolute Gasteiger partial charge is 0.168 e. The van der Waals surface area contributed by atoms with Crippen molar-refractivity contribution in [1.29, 1.82) is 0 Å². The number of nitrogens with zero attached hydrogens (tertiary/aromatic N) is 4. The van der Waals surface area contributed by atoms with Crippen molar-refractivity contribution in [2.24, 2.45) is 5.41 Å². The predicted molar refractivity (Wildman–Crippen MR) is 83.7 cm³/mol. The monoisotopic (exact) mass is 312 g/mol. The average Bonchev–Trinajstić information content (AvgIpc) is 2.50. The van der Waals surface area contributed by atoms with Crippen LogP contribution in [0.25, 0.3) is 0 Å². The Morgan fingerprint density at radius 3 is 2.65 bits per heavy atom. The lowest BCUT2D eigenvalue weighted by Gasteiger charge is -2.61. The van der Waals surface area contributed by atoms with Crippen LogP contribution in [-0.4, -0.2) is 47.3 Å². The molecule has 2 aromatic rings. The number of carbonyl (C=O) groups is 1. The maximum absolute atomic E-state index is 13.7. The second kappa shape index (κ2) is 5.38. The van der Waals surface area contributed by atoms with Gasteiger partial charge in [-0.2, -0.15) is 0 Å². The topological polar surface area (TPSA) is 49.3 Å². The molecular formula is C17H17FN4O. The van der Waals surface area contributed by atoms with Gasteiger partial charge < -0.3 is 4.90 Å². The van der Waals surface area contributed by atoms with Gasteiger partial charge in [0.05, 0.1) is 11.9 Å². The summed E-state index contributed by atoms with van der Waals surface area (Å²) in [5, 5.41) is 0. The molecule has 2 aromatic heterocycles. The molecule has 0 N–H and O–H groups in total. The van der Waals surface area contributed by atoms with Crippen molar-refractivity contribution in [1.82, 2.24) is 14.9 Å². The summed E-state index contributed by atoms with van der Waals surface area (Å²) in [5.74, 6) is -0.250. The number of rotatable bonds is 4. The maximum atomic E-state index is 13.7. The fourth-order valence-corrected chi connectivity index (χ4v) is 3.63. The molecule has 23 heavy (non-hydrogen) atoms. The van der Waals surface area contributed by atoms with Crippen LogP contribution in [0.4, 0.5) is 10.1 Å². The Labute approximate surface area is 133 Å². The van der Waals surface area contributed by atoms with Gasteiger partial charge in [0.15, 0.2) is 12.1 Å². The molecule has 0 atom stereocenters. The van der Waals surface area contributed by atoms with Gasteiger partial charge >= 0.3 is 0 Å². The lowest BCUT2D eigenvalue weighted by atomic mass is 9.72. The quantitative estimate of drug-likeness (QED) is 0.805. The molecule has 1 spiro atoms. The summed E-state index contributed by atoms with van der Waals surface area (Å²) in [5.41, 5.74) is 2.52.